The number of nitrogens with zero attached hydrogens (tertiary/aromatic N) is 1. The second-order valence-corrected chi connectivity index (χ2v) is 7.76. The SMILES string of the molecule is CC[C@@H](C(=O)Nc1cccc(F)c1)N(c1cccc(Cl)c1)S(C)(=O)=O. The molecule has 0 heterocycles. The van der Waals surface area contributed by atoms with Gasteiger partial charge in [0.05, 0.1) is 11.9 Å². The van der Waals surface area contributed by atoms with Gasteiger partial charge in [0.25, 0.3) is 0 Å². The number of benzene rings is 2. The van der Waals surface area contributed by atoms with Gasteiger partial charge in [-0.05, 0) is 42.8 Å². The fourth-order valence-electron chi connectivity index (χ4n) is 2.47. The van der Waals surface area contributed by atoms with Crippen LogP contribution in [0.15, 0.2) is 48.5 Å². The summed E-state index contributed by atoms with van der Waals surface area (Å²) in [5.41, 5.74) is 0.541. The highest BCUT2D eigenvalue weighted by Gasteiger charge is 2.31. The standard InChI is InChI=1S/C17H18ClFN2O3S/c1-3-16(17(22)20-14-8-5-7-13(19)11-14)21(25(2,23)24)15-9-4-6-12(18)10-15/h4-11,16H,3H2,1-2H3,(H,20,22)/t16-/m0/s1. The third-order valence-corrected chi connectivity index (χ3v) is 4.90. The highest BCUT2D eigenvalue weighted by atomic mass is 35.5. The van der Waals surface area contributed by atoms with Gasteiger partial charge in [0.1, 0.15) is 11.9 Å². The highest BCUT2D eigenvalue weighted by molar-refractivity contribution is 7.92. The maximum absolute atomic E-state index is 13.3. The number of anilines is 2. The lowest BCUT2D eigenvalue weighted by Gasteiger charge is -2.30. The van der Waals surface area contributed by atoms with Gasteiger partial charge in [0.15, 0.2) is 0 Å². The summed E-state index contributed by atoms with van der Waals surface area (Å²) in [6, 6.07) is 10.6. The van der Waals surface area contributed by atoms with E-state index >= 15 is 0 Å². The molecule has 2 aromatic rings. The Morgan fingerprint density at radius 3 is 2.48 bits per heavy atom. The summed E-state index contributed by atoms with van der Waals surface area (Å²) in [6.07, 6.45) is 1.24. The number of hydrogen-bond donors (Lipinski definition) is 1. The van der Waals surface area contributed by atoms with Crippen LogP contribution < -0.4 is 9.62 Å². The Morgan fingerprint density at radius 2 is 1.92 bits per heavy atom. The zero-order valence-corrected chi connectivity index (χ0v) is 15.3. The summed E-state index contributed by atoms with van der Waals surface area (Å²) in [6.45, 7) is 1.69. The van der Waals surface area contributed by atoms with Crippen LogP contribution in [0.1, 0.15) is 13.3 Å². The van der Waals surface area contributed by atoms with Gasteiger partial charge in [-0.25, -0.2) is 12.8 Å². The quantitative estimate of drug-likeness (QED) is 0.826. The van der Waals surface area contributed by atoms with Crippen molar-refractivity contribution in [3.63, 3.8) is 0 Å². The van der Waals surface area contributed by atoms with Crippen molar-refractivity contribution in [2.45, 2.75) is 19.4 Å². The Bertz CT molecular complexity index is 874. The van der Waals surface area contributed by atoms with Crippen LogP contribution in [0.3, 0.4) is 0 Å². The lowest BCUT2D eigenvalue weighted by Crippen LogP contribution is -2.47. The lowest BCUT2D eigenvalue weighted by molar-refractivity contribution is -0.117. The Morgan fingerprint density at radius 1 is 1.24 bits per heavy atom. The lowest BCUT2D eigenvalue weighted by atomic mass is 10.2. The van der Waals surface area contributed by atoms with Crippen molar-refractivity contribution in [3.05, 3.63) is 59.4 Å². The van der Waals surface area contributed by atoms with E-state index in [2.05, 4.69) is 5.32 Å². The predicted octanol–water partition coefficient (Wildman–Crippen LogP) is 3.66. The molecule has 8 heteroatoms. The van der Waals surface area contributed by atoms with Gasteiger partial charge in [-0.3, -0.25) is 9.10 Å². The average Bonchev–Trinajstić information content (AvgIpc) is 2.51. The van der Waals surface area contributed by atoms with Crippen molar-refractivity contribution < 1.29 is 17.6 Å². The summed E-state index contributed by atoms with van der Waals surface area (Å²) in [4.78, 5) is 12.6. The number of halogens is 2. The van der Waals surface area contributed by atoms with E-state index < -0.39 is 27.8 Å². The zero-order chi connectivity index (χ0) is 18.6. The number of sulfonamides is 1. The van der Waals surface area contributed by atoms with Gasteiger partial charge in [-0.15, -0.1) is 0 Å². The molecule has 1 N–H and O–H groups in total. The molecule has 2 rings (SSSR count). The van der Waals surface area contributed by atoms with E-state index in [0.717, 1.165) is 16.6 Å². The molecule has 0 aliphatic carbocycles. The Labute approximate surface area is 151 Å². The molecular weight excluding hydrogens is 367 g/mol. The van der Waals surface area contributed by atoms with Crippen molar-refractivity contribution in [1.29, 1.82) is 0 Å². The van der Waals surface area contributed by atoms with Crippen LogP contribution in [-0.4, -0.2) is 26.6 Å². The van der Waals surface area contributed by atoms with Crippen molar-refractivity contribution in [1.82, 2.24) is 0 Å². The first-order valence-electron chi connectivity index (χ1n) is 7.53. The molecule has 0 unspecified atom stereocenters. The molecule has 0 radical (unpaired) electrons. The first kappa shape index (κ1) is 19.2. The van der Waals surface area contributed by atoms with Crippen LogP contribution in [0.4, 0.5) is 15.8 Å². The number of carbonyl (C=O) groups excluding carboxylic acids is 1. The van der Waals surface area contributed by atoms with Crippen LogP contribution in [0.25, 0.3) is 0 Å². The maximum Gasteiger partial charge on any atom is 0.248 e. The van der Waals surface area contributed by atoms with E-state index in [1.807, 2.05) is 0 Å². The third-order valence-electron chi connectivity index (χ3n) is 3.48. The molecule has 25 heavy (non-hydrogen) atoms. The van der Waals surface area contributed by atoms with Crippen LogP contribution in [0.2, 0.25) is 5.02 Å². The normalized spacial score (nSPS) is 12.5. The first-order chi connectivity index (χ1) is 11.7. The van der Waals surface area contributed by atoms with Crippen molar-refractivity contribution >= 4 is 38.9 Å². The first-order valence-corrected chi connectivity index (χ1v) is 9.76. The molecule has 0 saturated carbocycles. The van der Waals surface area contributed by atoms with Gasteiger partial charge >= 0.3 is 0 Å². The van der Waals surface area contributed by atoms with Gasteiger partial charge in [-0.1, -0.05) is 30.7 Å². The smallest absolute Gasteiger partial charge is 0.248 e. The number of carbonyl (C=O) groups is 1. The predicted molar refractivity (Wildman–Crippen MR) is 97.9 cm³/mol. The molecular formula is C17H18ClFN2O3S. The monoisotopic (exact) mass is 384 g/mol. The Hall–Kier alpha value is -2.12. The molecule has 1 amide bonds. The van der Waals surface area contributed by atoms with Crippen LogP contribution in [0.5, 0.6) is 0 Å². The average molecular weight is 385 g/mol. The summed E-state index contributed by atoms with van der Waals surface area (Å²) < 4.78 is 38.9. The minimum absolute atomic E-state index is 0.223. The van der Waals surface area contributed by atoms with E-state index in [-0.39, 0.29) is 17.8 Å². The molecule has 0 aliphatic rings. The van der Waals surface area contributed by atoms with Crippen LogP contribution in [0, 0.1) is 5.82 Å². The molecule has 1 atom stereocenters. The van der Waals surface area contributed by atoms with Gasteiger partial charge < -0.3 is 5.32 Å². The van der Waals surface area contributed by atoms with Gasteiger partial charge in [0, 0.05) is 10.7 Å². The van der Waals surface area contributed by atoms with Crippen LogP contribution >= 0.6 is 11.6 Å². The molecule has 134 valence electrons. The molecule has 0 fully saturated rings. The van der Waals surface area contributed by atoms with E-state index in [0.29, 0.717) is 5.02 Å². The number of nitrogens with one attached hydrogen (secondary N) is 1. The molecule has 0 spiro atoms. The molecule has 0 aromatic heterocycles. The molecule has 5 nitrogen and oxygen atoms in total. The summed E-state index contributed by atoms with van der Waals surface area (Å²) >= 11 is 5.95. The summed E-state index contributed by atoms with van der Waals surface area (Å²) in [7, 11) is -3.75. The Kier molecular flexibility index (Phi) is 6.02. The maximum atomic E-state index is 13.3. The molecule has 0 saturated heterocycles. The summed E-state index contributed by atoms with van der Waals surface area (Å²) in [5, 5.41) is 2.91. The van der Waals surface area contributed by atoms with Crippen molar-refractivity contribution in [2.24, 2.45) is 0 Å². The minimum Gasteiger partial charge on any atom is -0.324 e. The van der Waals surface area contributed by atoms with Crippen molar-refractivity contribution in [2.75, 3.05) is 15.9 Å². The van der Waals surface area contributed by atoms with Crippen molar-refractivity contribution in [3.8, 4) is 0 Å². The van der Waals surface area contributed by atoms with E-state index in [9.17, 15) is 17.6 Å². The second-order valence-electron chi connectivity index (χ2n) is 5.46. The number of hydrogen-bond acceptors (Lipinski definition) is 3. The molecule has 0 aliphatic heterocycles. The third kappa shape index (κ3) is 4.93. The highest BCUT2D eigenvalue weighted by Crippen LogP contribution is 2.26. The van der Waals surface area contributed by atoms with Crippen LogP contribution in [-0.2, 0) is 14.8 Å². The molecule has 2 aromatic carbocycles. The van der Waals surface area contributed by atoms with Gasteiger partial charge in [0.2, 0.25) is 15.9 Å². The zero-order valence-electron chi connectivity index (χ0n) is 13.7. The minimum atomic E-state index is -3.75. The molecule has 0 bridgehead atoms. The second kappa shape index (κ2) is 7.84. The largest absolute Gasteiger partial charge is 0.324 e. The number of amides is 1. The van der Waals surface area contributed by atoms with Gasteiger partial charge in [-0.2, -0.15) is 0 Å². The summed E-state index contributed by atoms with van der Waals surface area (Å²) in [5.74, 6) is -1.06. The van der Waals surface area contributed by atoms with E-state index in [1.54, 1.807) is 25.1 Å². The van der Waals surface area contributed by atoms with E-state index in [4.69, 9.17) is 11.6 Å². The fourth-order valence-corrected chi connectivity index (χ4v) is 3.85. The Balaban J connectivity index is 2.38. The fraction of sp³-hybridized carbons (Fsp3) is 0.235. The topological polar surface area (TPSA) is 66.5 Å². The van der Waals surface area contributed by atoms with E-state index in [1.165, 1.54) is 24.3 Å². The number of rotatable bonds is 6.